The maximum atomic E-state index is 5.32. The highest BCUT2D eigenvalue weighted by Crippen LogP contribution is 2.48. The molecule has 0 aliphatic carbocycles. The van der Waals surface area contributed by atoms with Crippen LogP contribution in [0.4, 0.5) is 0 Å². The van der Waals surface area contributed by atoms with Gasteiger partial charge in [-0.3, -0.25) is 0 Å². The zero-order valence-electron chi connectivity index (χ0n) is 31.1. The van der Waals surface area contributed by atoms with Gasteiger partial charge in [-0.15, -0.1) is 22.7 Å². The van der Waals surface area contributed by atoms with Crippen molar-refractivity contribution in [1.29, 1.82) is 0 Å². The van der Waals surface area contributed by atoms with Crippen LogP contribution in [-0.4, -0.2) is 15.0 Å². The van der Waals surface area contributed by atoms with Gasteiger partial charge in [0.25, 0.3) is 0 Å². The van der Waals surface area contributed by atoms with E-state index in [9.17, 15) is 0 Å². The van der Waals surface area contributed by atoms with Gasteiger partial charge in [-0.1, -0.05) is 158 Å². The van der Waals surface area contributed by atoms with Crippen LogP contribution in [0.1, 0.15) is 0 Å². The maximum Gasteiger partial charge on any atom is 0.160 e. The predicted octanol–water partition coefficient (Wildman–Crippen LogP) is 15.2. The zero-order chi connectivity index (χ0) is 38.2. The maximum absolute atomic E-state index is 5.32. The Morgan fingerprint density at radius 3 is 1.72 bits per heavy atom. The lowest BCUT2D eigenvalue weighted by atomic mass is 9.92. The number of rotatable bonds is 5. The van der Waals surface area contributed by atoms with Crippen LogP contribution in [0.15, 0.2) is 188 Å². The van der Waals surface area contributed by atoms with Gasteiger partial charge in [0.1, 0.15) is 0 Å². The summed E-state index contributed by atoms with van der Waals surface area (Å²) >= 11 is 3.70. The van der Waals surface area contributed by atoms with Gasteiger partial charge in [0.2, 0.25) is 0 Å². The summed E-state index contributed by atoms with van der Waals surface area (Å²) in [4.78, 5) is 15.7. The van der Waals surface area contributed by atoms with Gasteiger partial charge in [-0.25, -0.2) is 15.0 Å². The third-order valence-electron chi connectivity index (χ3n) is 11.3. The van der Waals surface area contributed by atoms with Gasteiger partial charge >= 0.3 is 0 Å². The lowest BCUT2D eigenvalue weighted by Gasteiger charge is -2.15. The lowest BCUT2D eigenvalue weighted by molar-refractivity contribution is 1.19. The number of hydrogen-bond acceptors (Lipinski definition) is 5. The van der Waals surface area contributed by atoms with Crippen LogP contribution >= 0.6 is 22.7 Å². The highest BCUT2D eigenvalue weighted by atomic mass is 32.1. The van der Waals surface area contributed by atoms with Crippen LogP contribution in [0.5, 0.6) is 0 Å². The fourth-order valence-electron chi connectivity index (χ4n) is 8.58. The molecule has 4 heterocycles. The normalized spacial score (nSPS) is 11.8. The highest BCUT2D eigenvalue weighted by molar-refractivity contribution is 7.27. The van der Waals surface area contributed by atoms with Gasteiger partial charge < -0.3 is 0 Å². The first-order valence-electron chi connectivity index (χ1n) is 19.4. The molecule has 0 fully saturated rings. The molecule has 4 aromatic heterocycles. The van der Waals surface area contributed by atoms with Crippen molar-refractivity contribution in [3.8, 4) is 56.3 Å². The molecule has 12 rings (SSSR count). The van der Waals surface area contributed by atoms with E-state index in [0.29, 0.717) is 5.82 Å². The minimum Gasteiger partial charge on any atom is -0.247 e. The van der Waals surface area contributed by atoms with Crippen molar-refractivity contribution in [2.75, 3.05) is 0 Å². The standard InChI is InChI=1S/C53H31N3S2/c1-3-14-34(15-4-1)50-42-30-41(52-49(40-20-9-12-25-47(40)58-52)48(42)38-19-7-10-23-43(38)54-50)32-26-28-33(29-27-32)44-31-45(56-53(55-44)35-16-5-2-6-17-35)39-22-13-21-37-36-18-8-11-24-46(36)57-51(37)39/h1-31H. The van der Waals surface area contributed by atoms with Crippen molar-refractivity contribution in [3.05, 3.63) is 188 Å². The van der Waals surface area contributed by atoms with E-state index in [1.165, 1.54) is 56.7 Å². The van der Waals surface area contributed by atoms with Gasteiger partial charge in [0.05, 0.1) is 22.6 Å². The molecule has 0 atom stereocenters. The molecule has 0 bridgehead atoms. The average Bonchev–Trinajstić information content (AvgIpc) is 3.88. The molecule has 0 amide bonds. The molecule has 270 valence electrons. The Kier molecular flexibility index (Phi) is 7.58. The number of pyridine rings is 1. The number of benzene rings is 8. The van der Waals surface area contributed by atoms with E-state index in [0.717, 1.165) is 55.8 Å². The molecule has 3 nitrogen and oxygen atoms in total. The average molecular weight is 774 g/mol. The van der Waals surface area contributed by atoms with Crippen LogP contribution < -0.4 is 0 Å². The minimum absolute atomic E-state index is 0.713. The van der Waals surface area contributed by atoms with E-state index in [4.69, 9.17) is 15.0 Å². The lowest BCUT2D eigenvalue weighted by Crippen LogP contribution is -1.96. The zero-order valence-corrected chi connectivity index (χ0v) is 32.7. The van der Waals surface area contributed by atoms with E-state index < -0.39 is 0 Å². The molecule has 8 aromatic carbocycles. The molecular weight excluding hydrogens is 743 g/mol. The molecular formula is C53H31N3S2. The van der Waals surface area contributed by atoms with Gasteiger partial charge in [0.15, 0.2) is 5.82 Å². The molecule has 58 heavy (non-hydrogen) atoms. The van der Waals surface area contributed by atoms with Crippen LogP contribution in [0.25, 0.3) is 118 Å². The first kappa shape index (κ1) is 33.1. The smallest absolute Gasteiger partial charge is 0.160 e. The Balaban J connectivity index is 1.07. The number of para-hydroxylation sites is 1. The number of aromatic nitrogens is 3. The number of hydrogen-bond donors (Lipinski definition) is 0. The SMILES string of the molecule is c1ccc(-c2nc(-c3ccc(-c4cc5c(-c6ccccc6)nc6ccccc6c5c5c4sc4ccccc45)cc3)cc(-c3cccc4c3sc3ccccc34)n2)cc1. The molecule has 0 spiro atoms. The van der Waals surface area contributed by atoms with E-state index in [2.05, 4.69) is 170 Å². The van der Waals surface area contributed by atoms with Crippen molar-refractivity contribution in [1.82, 2.24) is 15.0 Å². The van der Waals surface area contributed by atoms with Gasteiger partial charge in [-0.05, 0) is 35.9 Å². The van der Waals surface area contributed by atoms with Gasteiger partial charge in [0, 0.05) is 84.3 Å². The fourth-order valence-corrected chi connectivity index (χ4v) is 11.1. The summed E-state index contributed by atoms with van der Waals surface area (Å²) in [5, 5.41) is 8.68. The molecule has 0 aliphatic rings. The van der Waals surface area contributed by atoms with Crippen molar-refractivity contribution >= 4 is 84.7 Å². The molecule has 0 aliphatic heterocycles. The van der Waals surface area contributed by atoms with Crippen molar-refractivity contribution in [2.45, 2.75) is 0 Å². The Hall–Kier alpha value is -7.05. The topological polar surface area (TPSA) is 38.7 Å². The van der Waals surface area contributed by atoms with Crippen molar-refractivity contribution in [3.63, 3.8) is 0 Å². The highest BCUT2D eigenvalue weighted by Gasteiger charge is 2.21. The molecule has 0 unspecified atom stereocenters. The summed E-state index contributed by atoms with van der Waals surface area (Å²) in [5.74, 6) is 0.713. The third-order valence-corrected chi connectivity index (χ3v) is 13.7. The van der Waals surface area contributed by atoms with Crippen molar-refractivity contribution in [2.24, 2.45) is 0 Å². The van der Waals surface area contributed by atoms with E-state index in [1.54, 1.807) is 0 Å². The second-order valence-corrected chi connectivity index (χ2v) is 16.8. The van der Waals surface area contributed by atoms with Crippen LogP contribution in [0.3, 0.4) is 0 Å². The molecule has 0 N–H and O–H groups in total. The van der Waals surface area contributed by atoms with Gasteiger partial charge in [-0.2, -0.15) is 0 Å². The van der Waals surface area contributed by atoms with Crippen LogP contribution in [0, 0.1) is 0 Å². The Morgan fingerprint density at radius 2 is 0.931 bits per heavy atom. The monoisotopic (exact) mass is 773 g/mol. The fraction of sp³-hybridized carbons (Fsp3) is 0. The Labute approximate surface area is 342 Å². The summed E-state index contributed by atoms with van der Waals surface area (Å²) in [5.41, 5.74) is 10.4. The van der Waals surface area contributed by atoms with E-state index in [-0.39, 0.29) is 0 Å². The summed E-state index contributed by atoms with van der Waals surface area (Å²) < 4.78 is 5.08. The molecule has 5 heteroatoms. The van der Waals surface area contributed by atoms with E-state index in [1.807, 2.05) is 40.9 Å². The Morgan fingerprint density at radius 1 is 0.328 bits per heavy atom. The third kappa shape index (κ3) is 5.28. The van der Waals surface area contributed by atoms with Crippen LogP contribution in [-0.2, 0) is 0 Å². The first-order chi connectivity index (χ1) is 28.7. The number of fused-ring (bicyclic) bond motifs is 10. The summed E-state index contributed by atoms with van der Waals surface area (Å²) in [6, 6.07) is 67.0. The van der Waals surface area contributed by atoms with E-state index >= 15 is 0 Å². The second kappa shape index (κ2) is 13.3. The molecule has 0 saturated carbocycles. The molecule has 12 aromatic rings. The number of thiophene rings is 2. The molecule has 0 saturated heterocycles. The quantitative estimate of drug-likeness (QED) is 0.164. The van der Waals surface area contributed by atoms with Crippen LogP contribution in [0.2, 0.25) is 0 Å². The Bertz CT molecular complexity index is 3550. The predicted molar refractivity (Wildman–Crippen MR) is 248 cm³/mol. The summed E-state index contributed by atoms with van der Waals surface area (Å²) in [6.07, 6.45) is 0. The minimum atomic E-state index is 0.713. The largest absolute Gasteiger partial charge is 0.247 e. The first-order valence-corrected chi connectivity index (χ1v) is 21.1. The summed E-state index contributed by atoms with van der Waals surface area (Å²) in [7, 11) is 0. The number of nitrogens with zero attached hydrogens (tertiary/aromatic N) is 3. The molecule has 0 radical (unpaired) electrons. The summed E-state index contributed by atoms with van der Waals surface area (Å²) in [6.45, 7) is 0. The van der Waals surface area contributed by atoms with Crippen molar-refractivity contribution < 1.29 is 0 Å². The second-order valence-electron chi connectivity index (χ2n) is 14.7.